The molecule has 0 radical (unpaired) electrons. The minimum absolute atomic E-state index is 0.0406. The molecule has 2 bridgehead atoms. The van der Waals surface area contributed by atoms with E-state index in [9.17, 15) is 30.3 Å². The van der Waals surface area contributed by atoms with Gasteiger partial charge in [0.25, 0.3) is 0 Å². The molecule has 15 nitrogen and oxygen atoms in total. The Morgan fingerprint density at radius 3 is 2.48 bits per heavy atom. The van der Waals surface area contributed by atoms with Crippen molar-refractivity contribution < 1.29 is 39.9 Å². The predicted molar refractivity (Wildman–Crippen MR) is 345 cm³/mol. The number of phenols is 1. The number of phenolic OH excluding ortho intramolecular Hbond substituents is 1. The number of nitrogens with zero attached hydrogens (tertiary/aromatic N) is 1. The van der Waals surface area contributed by atoms with Crippen molar-refractivity contribution in [2.24, 2.45) is 45.5 Å². The minimum Gasteiger partial charge on any atom is -0.508 e. The summed E-state index contributed by atoms with van der Waals surface area (Å²) in [4.78, 5) is 34.1. The molecule has 7 aliphatic rings. The van der Waals surface area contributed by atoms with Gasteiger partial charge >= 0.3 is 0 Å². The van der Waals surface area contributed by atoms with Gasteiger partial charge in [-0.3, -0.25) is 14.9 Å². The number of β-amino-alcohol motifs (C(OH)–C–C–N with tert-alkyl or cyclic N) is 1. The Labute approximate surface area is 520 Å². The standard InChI is InChI=1S/C73H93N7O8/c1-46-14-8-9-37-88-44-54(21-10-15-47(2)63(30-23-46)77-42-49-16-6-5-7-17-49)58-32-35-73(67(58)84)61-29-28-56(82)39-50-18-11-19-51(38-50)40-62-60(52-24-26-55(81)27-25-52)43-78-70(75)76-36-13-33-72(62,87)45-79-66-65-53(20-12-22-59(65)68(74)80-69(66)85)41-64(83)48(3)57(61)31-34-71(73,4)86/h10-12,15,18-27,38,49,56,58,60-63,66-68,77,79,81-82,84,86-87H,2,5-7,14,16-17,28-35,37,39-45,74H2,1,3-4H3,(H,80,85)(H3,75,76,78). The Hall–Kier alpha value is -6.63. The van der Waals surface area contributed by atoms with Crippen LogP contribution in [0.1, 0.15) is 162 Å². The van der Waals surface area contributed by atoms with Crippen molar-refractivity contribution in [2.45, 2.75) is 178 Å². The second kappa shape index (κ2) is 28.5. The molecule has 88 heavy (non-hydrogen) atoms. The van der Waals surface area contributed by atoms with Crippen molar-refractivity contribution in [3.05, 3.63) is 159 Å². The van der Waals surface area contributed by atoms with E-state index >= 15 is 4.79 Å². The van der Waals surface area contributed by atoms with E-state index < -0.39 is 70.6 Å². The molecule has 3 saturated carbocycles. The summed E-state index contributed by atoms with van der Waals surface area (Å²) in [5.41, 5.74) is 17.7. The van der Waals surface area contributed by atoms with E-state index in [0.717, 1.165) is 46.4 Å². The lowest BCUT2D eigenvalue weighted by molar-refractivity contribution is -0.168. The summed E-state index contributed by atoms with van der Waals surface area (Å²) >= 11 is 0. The Balaban J connectivity index is 1.03. The fraction of sp³-hybridized carbons (Fsp3) is 0.521. The summed E-state index contributed by atoms with van der Waals surface area (Å²) in [5, 5.41) is 76.2. The van der Waals surface area contributed by atoms with Crippen LogP contribution in [0, 0.1) is 52.9 Å². The lowest BCUT2D eigenvalue weighted by Crippen LogP contribution is -2.59. The number of hydrogen-bond donors (Lipinski definition) is 11. The number of benzene rings is 3. The molecule has 1 spiro atoms. The van der Waals surface area contributed by atoms with E-state index in [2.05, 4.69) is 87.9 Å². The number of amides is 1. The number of aliphatic hydroxyl groups is 4. The van der Waals surface area contributed by atoms with Crippen molar-refractivity contribution in [1.29, 1.82) is 0 Å². The van der Waals surface area contributed by atoms with Gasteiger partial charge in [0.2, 0.25) is 11.9 Å². The molecule has 13 N–H and O–H groups in total. The van der Waals surface area contributed by atoms with Crippen LogP contribution in [0.3, 0.4) is 0 Å². The number of nitrogens with one attached hydrogen (secondary N) is 4. The highest BCUT2D eigenvalue weighted by Gasteiger charge is 2.64. The number of rotatable bonds is 5. The Morgan fingerprint density at radius 2 is 1.68 bits per heavy atom. The van der Waals surface area contributed by atoms with Gasteiger partial charge < -0.3 is 57.7 Å². The minimum atomic E-state index is -1.64. The van der Waals surface area contributed by atoms with Gasteiger partial charge in [-0.15, -0.1) is 0 Å². The predicted octanol–water partition coefficient (Wildman–Crippen LogP) is 8.13. The smallest absolute Gasteiger partial charge is 0.243 e. The highest BCUT2D eigenvalue weighted by molar-refractivity contribution is 5.98. The number of ether oxygens (including phenoxy) is 1. The Morgan fingerprint density at radius 1 is 0.909 bits per heavy atom. The van der Waals surface area contributed by atoms with Crippen LogP contribution in [0.15, 0.2) is 130 Å². The molecule has 12 unspecified atom stereocenters. The van der Waals surface area contributed by atoms with E-state index in [-0.39, 0.29) is 62.7 Å². The third-order valence-electron chi connectivity index (χ3n) is 20.9. The summed E-state index contributed by atoms with van der Waals surface area (Å²) in [6, 6.07) is 22.2. The van der Waals surface area contributed by atoms with E-state index in [4.69, 9.17) is 16.2 Å². The Kier molecular flexibility index (Phi) is 20.8. The van der Waals surface area contributed by atoms with Crippen LogP contribution in [0.25, 0.3) is 0 Å². The third kappa shape index (κ3) is 14.5. The van der Waals surface area contributed by atoms with Gasteiger partial charge in [-0.1, -0.05) is 134 Å². The molecule has 10 rings (SSSR count). The summed E-state index contributed by atoms with van der Waals surface area (Å²) in [7, 11) is 0. The number of carbonyl (C=O) groups is 2. The summed E-state index contributed by atoms with van der Waals surface area (Å²) < 4.78 is 6.32. The fourth-order valence-electron chi connectivity index (χ4n) is 15.9. The average Bonchev–Trinajstić information content (AvgIpc) is 1.44. The summed E-state index contributed by atoms with van der Waals surface area (Å²) in [6.45, 7) is 11.9. The quantitative estimate of drug-likeness (QED) is 0.0853. The van der Waals surface area contributed by atoms with Crippen LogP contribution in [-0.2, 0) is 33.6 Å². The van der Waals surface area contributed by atoms with E-state index in [1.165, 1.54) is 37.7 Å². The zero-order valence-corrected chi connectivity index (χ0v) is 51.8. The molecule has 468 valence electrons. The van der Waals surface area contributed by atoms with Crippen LogP contribution >= 0.6 is 0 Å². The number of nitrogens with two attached hydrogens (primary N) is 2. The number of aromatic hydroxyl groups is 1. The van der Waals surface area contributed by atoms with Gasteiger partial charge in [0.05, 0.1) is 30.0 Å². The second-order valence-electron chi connectivity index (χ2n) is 26.6. The molecule has 4 aliphatic heterocycles. The van der Waals surface area contributed by atoms with Gasteiger partial charge in [-0.05, 0) is 172 Å². The molecule has 3 fully saturated rings. The first-order valence-electron chi connectivity index (χ1n) is 32.2. The monoisotopic (exact) mass is 1200 g/mol. The highest BCUT2D eigenvalue weighted by Crippen LogP contribution is 2.63. The number of ketones is 1. The lowest BCUT2D eigenvalue weighted by Gasteiger charge is -2.56. The van der Waals surface area contributed by atoms with Crippen LogP contribution < -0.4 is 32.7 Å². The molecule has 1 amide bonds. The molecule has 0 aromatic heterocycles. The molecule has 12 atom stereocenters. The maximum Gasteiger partial charge on any atom is 0.243 e. The van der Waals surface area contributed by atoms with Gasteiger partial charge in [-0.2, -0.15) is 4.99 Å². The normalized spacial score (nSPS) is 32.5. The summed E-state index contributed by atoms with van der Waals surface area (Å²) in [5.74, 6) is 7.86. The zero-order chi connectivity index (χ0) is 62.2. The molecule has 0 saturated heterocycles. The fourth-order valence-corrected chi connectivity index (χ4v) is 15.9. The van der Waals surface area contributed by atoms with E-state index in [0.29, 0.717) is 86.0 Å². The van der Waals surface area contributed by atoms with Gasteiger partial charge in [0.1, 0.15) is 24.6 Å². The summed E-state index contributed by atoms with van der Waals surface area (Å²) in [6.07, 6.45) is 16.3. The SMILES string of the molecule is C=C1C=CC=C(C2CCC3(C4CCC(O)Cc5cccc(c5)CC5C(c6ccc(O)cc6)CNC(N)=NC#CCC5(O)CNC5C(=O)NC(N)c6cccc(c65)CC(=O)C(C)=C4CCC3(C)O)C2O)COCC#CCC(C)=CCC1NCC1CCCCC1. The number of aliphatic imine (C=N–C) groups is 1. The third-order valence-corrected chi connectivity index (χ3v) is 20.9. The lowest BCUT2D eigenvalue weighted by atomic mass is 9.52. The molecule has 3 aromatic rings. The van der Waals surface area contributed by atoms with Crippen LogP contribution in [-0.4, -0.2) is 105 Å². The number of Topliss-reactive ketones (excluding diaryl/α,β-unsaturated/α-hetero) is 1. The van der Waals surface area contributed by atoms with Crippen molar-refractivity contribution >= 4 is 17.6 Å². The molecule has 3 aromatic carbocycles. The van der Waals surface area contributed by atoms with Crippen LogP contribution in [0.5, 0.6) is 5.75 Å². The molecular formula is C73H93N7O8. The first-order valence-corrected chi connectivity index (χ1v) is 32.2. The largest absolute Gasteiger partial charge is 0.508 e. The molecule has 15 heteroatoms. The number of guanidine groups is 1. The molecular weight excluding hydrogens is 1100 g/mol. The number of allylic oxidation sites excluding steroid dienone is 5. The van der Waals surface area contributed by atoms with E-state index in [1.54, 1.807) is 12.1 Å². The maximum atomic E-state index is 15.4. The number of aliphatic hydroxyl groups excluding tert-OH is 2. The van der Waals surface area contributed by atoms with Crippen molar-refractivity contribution in [3.63, 3.8) is 0 Å². The first kappa shape index (κ1) is 64.4. The van der Waals surface area contributed by atoms with Gasteiger partial charge in [0.15, 0.2) is 5.78 Å². The van der Waals surface area contributed by atoms with Crippen molar-refractivity contribution in [1.82, 2.24) is 21.3 Å². The Bertz CT molecular complexity index is 3330. The number of fused-ring (bicyclic) bond motifs is 5. The van der Waals surface area contributed by atoms with E-state index in [1.807, 2.05) is 68.5 Å². The number of hydrogen-bond acceptors (Lipinski definition) is 14. The average molecular weight is 1200 g/mol. The van der Waals surface area contributed by atoms with Gasteiger partial charge in [-0.25, -0.2) is 0 Å². The number of carbonyl (C=O) groups excluding carboxylic acids is 2. The van der Waals surface area contributed by atoms with Crippen LogP contribution in [0.2, 0.25) is 0 Å². The first-order chi connectivity index (χ1) is 42.3. The topological polar surface area (TPSA) is 257 Å². The molecule has 4 heterocycles. The zero-order valence-electron chi connectivity index (χ0n) is 51.8. The highest BCUT2D eigenvalue weighted by atomic mass is 16.5. The van der Waals surface area contributed by atoms with Crippen LogP contribution in [0.4, 0.5) is 0 Å². The van der Waals surface area contributed by atoms with Crippen molar-refractivity contribution in [3.8, 4) is 29.6 Å². The molecule has 3 aliphatic carbocycles. The van der Waals surface area contributed by atoms with Gasteiger partial charge in [0, 0.05) is 67.6 Å². The second-order valence-corrected chi connectivity index (χ2v) is 26.6. The maximum absolute atomic E-state index is 15.4. The van der Waals surface area contributed by atoms with Crippen molar-refractivity contribution in [2.75, 3.05) is 32.8 Å².